The Kier molecular flexibility index (Phi) is 47.6. The van der Waals surface area contributed by atoms with Crippen LogP contribution in [0.4, 0.5) is 0 Å². The lowest BCUT2D eigenvalue weighted by Gasteiger charge is -2.18. The highest BCUT2D eigenvalue weighted by atomic mass is 16.6. The fourth-order valence-electron chi connectivity index (χ4n) is 8.52. The minimum absolute atomic E-state index is 0.0640. The van der Waals surface area contributed by atoms with Crippen molar-refractivity contribution in [1.82, 2.24) is 0 Å². The molecule has 0 aromatic carbocycles. The van der Waals surface area contributed by atoms with Gasteiger partial charge in [0.1, 0.15) is 13.2 Å². The predicted octanol–water partition coefficient (Wildman–Crippen LogP) is 18.1. The van der Waals surface area contributed by atoms with E-state index in [2.05, 4.69) is 34.6 Å². The maximum Gasteiger partial charge on any atom is 0.306 e. The molecule has 0 spiro atoms. The fraction of sp³-hybridized carbons (Fsp3) is 0.946. The molecular formula is C56H108O6. The summed E-state index contributed by atoms with van der Waals surface area (Å²) in [5.74, 6) is 0.850. The Morgan fingerprint density at radius 3 is 0.790 bits per heavy atom. The molecule has 0 aromatic rings. The van der Waals surface area contributed by atoms with E-state index in [-0.39, 0.29) is 31.1 Å². The van der Waals surface area contributed by atoms with Crippen molar-refractivity contribution in [3.05, 3.63) is 0 Å². The van der Waals surface area contributed by atoms with Crippen molar-refractivity contribution >= 4 is 17.9 Å². The molecule has 0 aliphatic carbocycles. The number of hydrogen-bond donors (Lipinski definition) is 0. The van der Waals surface area contributed by atoms with Crippen LogP contribution in [-0.2, 0) is 28.6 Å². The number of carbonyl (C=O) groups is 3. The molecule has 0 unspecified atom stereocenters. The summed E-state index contributed by atoms with van der Waals surface area (Å²) in [5, 5.41) is 0. The highest BCUT2D eigenvalue weighted by Gasteiger charge is 2.19. The van der Waals surface area contributed by atoms with Crippen molar-refractivity contribution < 1.29 is 28.6 Å². The van der Waals surface area contributed by atoms with Gasteiger partial charge in [0.05, 0.1) is 0 Å². The molecule has 0 bridgehead atoms. The van der Waals surface area contributed by atoms with Gasteiger partial charge in [-0.3, -0.25) is 14.4 Å². The largest absolute Gasteiger partial charge is 0.462 e. The second-order valence-corrected chi connectivity index (χ2v) is 20.2. The van der Waals surface area contributed by atoms with Crippen LogP contribution in [0.5, 0.6) is 0 Å². The molecule has 0 rings (SSSR count). The molecule has 368 valence electrons. The van der Waals surface area contributed by atoms with E-state index >= 15 is 0 Å². The van der Waals surface area contributed by atoms with Crippen LogP contribution in [0, 0.1) is 11.8 Å². The Bertz CT molecular complexity index is 947. The lowest BCUT2D eigenvalue weighted by Crippen LogP contribution is -2.30. The Morgan fingerprint density at radius 2 is 0.532 bits per heavy atom. The number of carbonyl (C=O) groups excluding carboxylic acids is 3. The molecule has 0 radical (unpaired) electrons. The van der Waals surface area contributed by atoms with Gasteiger partial charge in [0.2, 0.25) is 0 Å². The minimum Gasteiger partial charge on any atom is -0.462 e. The van der Waals surface area contributed by atoms with Crippen LogP contribution >= 0.6 is 0 Å². The SMILES string of the molecule is CCCCCCCC(=O)OC[C@@H](COC(=O)CCCCCCCCCCCCCCCCCCCCC(C)C)OC(=O)CCCCCCCCCCCCCCCCCC(C)C. The summed E-state index contributed by atoms with van der Waals surface area (Å²) < 4.78 is 16.7. The molecule has 0 aromatic heterocycles. The van der Waals surface area contributed by atoms with E-state index in [1.807, 2.05) is 0 Å². The standard InChI is InChI=1S/C56H108O6/c1-6-7-8-34-41-46-54(57)60-49-53(62-56(59)48-43-38-33-29-25-21-17-13-15-19-23-27-31-36-40-45-52(4)5)50-61-55(58)47-42-37-32-28-24-20-16-12-10-9-11-14-18-22-26-30-35-39-44-51(2)3/h51-53H,6-50H2,1-5H3/t53-/m0/s1. The third-order valence-electron chi connectivity index (χ3n) is 12.7. The van der Waals surface area contributed by atoms with E-state index < -0.39 is 6.10 Å². The lowest BCUT2D eigenvalue weighted by atomic mass is 10.0. The van der Waals surface area contributed by atoms with Crippen LogP contribution < -0.4 is 0 Å². The van der Waals surface area contributed by atoms with Crippen LogP contribution in [0.3, 0.4) is 0 Å². The number of unbranched alkanes of at least 4 members (excludes halogenated alkanes) is 35. The minimum atomic E-state index is -0.760. The molecule has 1 atom stereocenters. The number of rotatable bonds is 50. The maximum absolute atomic E-state index is 12.8. The van der Waals surface area contributed by atoms with Crippen molar-refractivity contribution in [2.24, 2.45) is 11.8 Å². The van der Waals surface area contributed by atoms with Crippen molar-refractivity contribution in [2.75, 3.05) is 13.2 Å². The van der Waals surface area contributed by atoms with Gasteiger partial charge in [0.15, 0.2) is 6.10 Å². The Morgan fingerprint density at radius 1 is 0.306 bits per heavy atom. The van der Waals surface area contributed by atoms with Gasteiger partial charge in [-0.05, 0) is 31.1 Å². The summed E-state index contributed by atoms with van der Waals surface area (Å²) in [4.78, 5) is 37.7. The normalized spacial score (nSPS) is 12.0. The highest BCUT2D eigenvalue weighted by molar-refractivity contribution is 5.71. The highest BCUT2D eigenvalue weighted by Crippen LogP contribution is 2.18. The third-order valence-corrected chi connectivity index (χ3v) is 12.7. The predicted molar refractivity (Wildman–Crippen MR) is 266 cm³/mol. The molecule has 0 aliphatic heterocycles. The first-order valence-corrected chi connectivity index (χ1v) is 27.7. The van der Waals surface area contributed by atoms with E-state index in [0.29, 0.717) is 19.3 Å². The second kappa shape index (κ2) is 48.9. The average Bonchev–Trinajstić information content (AvgIpc) is 3.24. The molecule has 0 amide bonds. The number of hydrogen-bond acceptors (Lipinski definition) is 6. The molecule has 6 nitrogen and oxygen atoms in total. The topological polar surface area (TPSA) is 78.9 Å². The van der Waals surface area contributed by atoms with Gasteiger partial charge in [-0.15, -0.1) is 0 Å². The quantitative estimate of drug-likeness (QED) is 0.0344. The number of ether oxygens (including phenoxy) is 3. The zero-order valence-corrected chi connectivity index (χ0v) is 42.5. The zero-order valence-electron chi connectivity index (χ0n) is 42.5. The Balaban J connectivity index is 4.05. The maximum atomic E-state index is 12.8. The van der Waals surface area contributed by atoms with Gasteiger partial charge in [0.25, 0.3) is 0 Å². The van der Waals surface area contributed by atoms with E-state index in [9.17, 15) is 14.4 Å². The van der Waals surface area contributed by atoms with Gasteiger partial charge in [-0.2, -0.15) is 0 Å². The monoisotopic (exact) mass is 877 g/mol. The Labute approximate surface area is 387 Å². The van der Waals surface area contributed by atoms with Crippen LogP contribution in [0.1, 0.15) is 311 Å². The van der Waals surface area contributed by atoms with Crippen molar-refractivity contribution in [3.63, 3.8) is 0 Å². The van der Waals surface area contributed by atoms with Crippen molar-refractivity contribution in [3.8, 4) is 0 Å². The first kappa shape index (κ1) is 60.4. The Hall–Kier alpha value is -1.59. The van der Waals surface area contributed by atoms with Gasteiger partial charge in [-0.25, -0.2) is 0 Å². The molecular weight excluding hydrogens is 769 g/mol. The number of esters is 3. The van der Waals surface area contributed by atoms with Gasteiger partial charge < -0.3 is 14.2 Å². The summed E-state index contributed by atoms with van der Waals surface area (Å²) >= 11 is 0. The van der Waals surface area contributed by atoms with Gasteiger partial charge >= 0.3 is 17.9 Å². The van der Waals surface area contributed by atoms with Crippen LogP contribution in [-0.4, -0.2) is 37.2 Å². The van der Waals surface area contributed by atoms with E-state index in [4.69, 9.17) is 14.2 Å². The van der Waals surface area contributed by atoms with Crippen molar-refractivity contribution in [1.29, 1.82) is 0 Å². The van der Waals surface area contributed by atoms with Gasteiger partial charge in [-0.1, -0.05) is 272 Å². The molecule has 62 heavy (non-hydrogen) atoms. The summed E-state index contributed by atoms with van der Waals surface area (Å²) in [6.45, 7) is 11.3. The first-order valence-electron chi connectivity index (χ1n) is 27.7. The van der Waals surface area contributed by atoms with Crippen LogP contribution in [0.15, 0.2) is 0 Å². The fourth-order valence-corrected chi connectivity index (χ4v) is 8.52. The van der Waals surface area contributed by atoms with Crippen molar-refractivity contribution in [2.45, 2.75) is 317 Å². The second-order valence-electron chi connectivity index (χ2n) is 20.2. The average molecular weight is 877 g/mol. The van der Waals surface area contributed by atoms with E-state index in [1.54, 1.807) is 0 Å². The smallest absolute Gasteiger partial charge is 0.306 e. The van der Waals surface area contributed by atoms with E-state index in [0.717, 1.165) is 76.0 Å². The molecule has 0 heterocycles. The summed E-state index contributed by atoms with van der Waals surface area (Å²) in [5.41, 5.74) is 0. The molecule has 0 aliphatic rings. The van der Waals surface area contributed by atoms with E-state index in [1.165, 1.54) is 193 Å². The summed E-state index contributed by atoms with van der Waals surface area (Å²) in [7, 11) is 0. The van der Waals surface area contributed by atoms with Gasteiger partial charge in [0, 0.05) is 19.3 Å². The molecule has 0 N–H and O–H groups in total. The lowest BCUT2D eigenvalue weighted by molar-refractivity contribution is -0.167. The molecule has 0 saturated heterocycles. The molecule has 0 saturated carbocycles. The third kappa shape index (κ3) is 49.4. The first-order chi connectivity index (χ1) is 30.2. The molecule has 0 fully saturated rings. The molecule has 6 heteroatoms. The summed E-state index contributed by atoms with van der Waals surface area (Å²) in [6.07, 6.45) is 51.3. The van der Waals surface area contributed by atoms with Crippen LogP contribution in [0.25, 0.3) is 0 Å². The summed E-state index contributed by atoms with van der Waals surface area (Å²) in [6, 6.07) is 0. The van der Waals surface area contributed by atoms with Crippen LogP contribution in [0.2, 0.25) is 0 Å². The zero-order chi connectivity index (χ0) is 45.4.